The smallest absolute Gasteiger partial charge is 0.272 e. The zero-order valence-electron chi connectivity index (χ0n) is 30.2. The molecule has 0 aliphatic heterocycles. The minimum atomic E-state index is -0.634. The van der Waals surface area contributed by atoms with Crippen molar-refractivity contribution >= 4 is 57.7 Å². The maximum Gasteiger partial charge on any atom is 0.272 e. The summed E-state index contributed by atoms with van der Waals surface area (Å²) in [5.41, 5.74) is 6.25. The molecule has 1 heterocycles. The number of nitrogens with zero attached hydrogens (tertiary/aromatic N) is 1. The quantitative estimate of drug-likeness (QED) is 0.0795. The SMILES string of the molecule is COc1cccc(-c2csc(NC(=O)C(Sc3cccc(NC(=O)/C(=C\c4ccc(-c5ccccc5)cc4)NC(=O)c4ccccc4)c3)c3ccccc3)n2)c1. The normalized spacial score (nSPS) is 11.6. The predicted molar refractivity (Wildman–Crippen MR) is 227 cm³/mol. The van der Waals surface area contributed by atoms with Crippen LogP contribution in [0.15, 0.2) is 180 Å². The van der Waals surface area contributed by atoms with Crippen molar-refractivity contribution in [2.75, 3.05) is 17.7 Å². The summed E-state index contributed by atoms with van der Waals surface area (Å²) in [6, 6.07) is 50.9. The summed E-state index contributed by atoms with van der Waals surface area (Å²) in [6.07, 6.45) is 1.65. The van der Waals surface area contributed by atoms with E-state index in [1.165, 1.54) is 23.1 Å². The first-order chi connectivity index (χ1) is 27.4. The second-order valence-electron chi connectivity index (χ2n) is 12.5. The average Bonchev–Trinajstić information content (AvgIpc) is 3.72. The zero-order valence-corrected chi connectivity index (χ0v) is 31.9. The Bertz CT molecular complexity index is 2470. The number of amides is 3. The van der Waals surface area contributed by atoms with Gasteiger partial charge >= 0.3 is 0 Å². The molecule has 0 bridgehead atoms. The fraction of sp³-hybridized carbons (Fsp3) is 0.0435. The maximum atomic E-state index is 13.9. The monoisotopic (exact) mass is 772 g/mol. The minimum absolute atomic E-state index is 0.0719. The van der Waals surface area contributed by atoms with Crippen LogP contribution in [0.5, 0.6) is 5.75 Å². The summed E-state index contributed by atoms with van der Waals surface area (Å²) in [5.74, 6) is -0.436. The molecule has 0 aliphatic carbocycles. The van der Waals surface area contributed by atoms with Crippen LogP contribution in [0, 0.1) is 0 Å². The van der Waals surface area contributed by atoms with E-state index in [-0.39, 0.29) is 11.6 Å². The number of ether oxygens (including phenoxy) is 1. The fourth-order valence-corrected chi connectivity index (χ4v) is 7.62. The van der Waals surface area contributed by atoms with Gasteiger partial charge in [-0.3, -0.25) is 14.4 Å². The number of methoxy groups -OCH3 is 1. The molecule has 1 unspecified atom stereocenters. The van der Waals surface area contributed by atoms with Gasteiger partial charge in [0.05, 0.1) is 12.8 Å². The van der Waals surface area contributed by atoms with Crippen molar-refractivity contribution in [1.82, 2.24) is 10.3 Å². The summed E-state index contributed by atoms with van der Waals surface area (Å²) in [7, 11) is 1.62. The van der Waals surface area contributed by atoms with Crippen LogP contribution in [-0.2, 0) is 9.59 Å². The van der Waals surface area contributed by atoms with Crippen molar-refractivity contribution < 1.29 is 19.1 Å². The van der Waals surface area contributed by atoms with E-state index in [0.717, 1.165) is 44.2 Å². The van der Waals surface area contributed by atoms with E-state index in [1.807, 2.05) is 133 Å². The molecule has 0 aliphatic rings. The number of aromatic nitrogens is 1. The van der Waals surface area contributed by atoms with Gasteiger partial charge in [-0.25, -0.2) is 4.98 Å². The van der Waals surface area contributed by atoms with E-state index in [4.69, 9.17) is 4.74 Å². The highest BCUT2D eigenvalue weighted by molar-refractivity contribution is 8.00. The molecule has 0 spiro atoms. The lowest BCUT2D eigenvalue weighted by Gasteiger charge is -2.17. The molecular formula is C46H36N4O4S2. The number of hydrogen-bond acceptors (Lipinski definition) is 7. The zero-order chi connectivity index (χ0) is 38.7. The van der Waals surface area contributed by atoms with Crippen LogP contribution in [0.1, 0.15) is 26.7 Å². The van der Waals surface area contributed by atoms with E-state index in [9.17, 15) is 14.4 Å². The number of anilines is 2. The molecule has 0 radical (unpaired) electrons. The lowest BCUT2D eigenvalue weighted by atomic mass is 10.0. The molecule has 1 atom stereocenters. The number of rotatable bonds is 13. The van der Waals surface area contributed by atoms with E-state index in [1.54, 1.807) is 49.6 Å². The van der Waals surface area contributed by atoms with Crippen molar-refractivity contribution in [1.29, 1.82) is 0 Å². The molecule has 3 amide bonds. The van der Waals surface area contributed by atoms with Gasteiger partial charge in [-0.15, -0.1) is 23.1 Å². The van der Waals surface area contributed by atoms with Crippen LogP contribution in [0.4, 0.5) is 10.8 Å². The molecule has 276 valence electrons. The van der Waals surface area contributed by atoms with Crippen molar-refractivity contribution in [2.24, 2.45) is 0 Å². The molecule has 3 N–H and O–H groups in total. The molecule has 8 nitrogen and oxygen atoms in total. The largest absolute Gasteiger partial charge is 0.497 e. The van der Waals surface area contributed by atoms with E-state index in [0.29, 0.717) is 16.4 Å². The fourth-order valence-electron chi connectivity index (χ4n) is 5.81. The third kappa shape index (κ3) is 9.67. The highest BCUT2D eigenvalue weighted by atomic mass is 32.2. The highest BCUT2D eigenvalue weighted by Crippen LogP contribution is 2.38. The molecule has 10 heteroatoms. The Morgan fingerprint density at radius 1 is 0.696 bits per heavy atom. The Labute approximate surface area is 333 Å². The number of carbonyl (C=O) groups is 3. The first-order valence-corrected chi connectivity index (χ1v) is 19.5. The van der Waals surface area contributed by atoms with Crippen LogP contribution >= 0.6 is 23.1 Å². The lowest BCUT2D eigenvalue weighted by Crippen LogP contribution is -2.30. The minimum Gasteiger partial charge on any atom is -0.497 e. The molecule has 6 aromatic carbocycles. The van der Waals surface area contributed by atoms with Crippen LogP contribution in [-0.4, -0.2) is 29.8 Å². The van der Waals surface area contributed by atoms with Gasteiger partial charge in [0.1, 0.15) is 16.7 Å². The number of carbonyl (C=O) groups excluding carboxylic acids is 3. The second kappa shape index (κ2) is 18.1. The third-order valence-electron chi connectivity index (χ3n) is 8.64. The van der Waals surface area contributed by atoms with Gasteiger partial charge in [-0.1, -0.05) is 121 Å². The Hall–Kier alpha value is -6.75. The Kier molecular flexibility index (Phi) is 12.1. The van der Waals surface area contributed by atoms with Crippen LogP contribution in [0.2, 0.25) is 0 Å². The van der Waals surface area contributed by atoms with Crippen molar-refractivity contribution in [3.05, 3.63) is 192 Å². The van der Waals surface area contributed by atoms with Gasteiger partial charge in [0.15, 0.2) is 5.13 Å². The molecule has 7 rings (SSSR count). The summed E-state index contributed by atoms with van der Waals surface area (Å²) < 4.78 is 5.36. The Morgan fingerprint density at radius 2 is 1.36 bits per heavy atom. The van der Waals surface area contributed by atoms with Gasteiger partial charge in [-0.2, -0.15) is 0 Å². The van der Waals surface area contributed by atoms with Gasteiger partial charge in [0, 0.05) is 27.1 Å². The number of benzene rings is 6. The van der Waals surface area contributed by atoms with Gasteiger partial charge < -0.3 is 20.7 Å². The van der Waals surface area contributed by atoms with Gasteiger partial charge in [0.25, 0.3) is 11.8 Å². The van der Waals surface area contributed by atoms with Crippen LogP contribution in [0.3, 0.4) is 0 Å². The molecule has 1 aromatic heterocycles. The third-order valence-corrected chi connectivity index (χ3v) is 10.6. The van der Waals surface area contributed by atoms with Crippen molar-refractivity contribution in [2.45, 2.75) is 10.1 Å². The molecular weight excluding hydrogens is 737 g/mol. The van der Waals surface area contributed by atoms with E-state index < -0.39 is 17.1 Å². The Balaban J connectivity index is 1.10. The van der Waals surface area contributed by atoms with Gasteiger partial charge in [0.2, 0.25) is 5.91 Å². The first-order valence-electron chi connectivity index (χ1n) is 17.7. The summed E-state index contributed by atoms with van der Waals surface area (Å²) in [4.78, 5) is 46.5. The standard InChI is InChI=1S/C46H36N4O4S2/c1-54-38-21-11-19-36(28-38)41-30-55-46(49-41)50-45(53)42(34-15-7-3-8-16-34)56-39-22-12-20-37(29-39)47-44(52)40(48-43(51)35-17-9-4-10-18-35)27-31-23-25-33(26-24-31)32-13-5-2-6-14-32/h2-30,42H,1H3,(H,47,52)(H,48,51)(H,49,50,53)/b40-27+. The number of thiazole rings is 1. The van der Waals surface area contributed by atoms with Gasteiger partial charge in [-0.05, 0) is 70.8 Å². The molecule has 0 fully saturated rings. The number of nitrogens with one attached hydrogen (secondary N) is 3. The van der Waals surface area contributed by atoms with E-state index in [2.05, 4.69) is 20.9 Å². The number of thioether (sulfide) groups is 1. The molecule has 56 heavy (non-hydrogen) atoms. The van der Waals surface area contributed by atoms with Crippen LogP contribution in [0.25, 0.3) is 28.5 Å². The molecule has 0 saturated heterocycles. The van der Waals surface area contributed by atoms with Crippen molar-refractivity contribution in [3.8, 4) is 28.1 Å². The summed E-state index contributed by atoms with van der Waals surface area (Å²) >= 11 is 2.69. The maximum absolute atomic E-state index is 13.9. The van der Waals surface area contributed by atoms with Crippen molar-refractivity contribution in [3.63, 3.8) is 0 Å². The molecule has 0 saturated carbocycles. The topological polar surface area (TPSA) is 109 Å². The average molecular weight is 773 g/mol. The predicted octanol–water partition coefficient (Wildman–Crippen LogP) is 10.4. The second-order valence-corrected chi connectivity index (χ2v) is 14.6. The number of hydrogen-bond donors (Lipinski definition) is 3. The van der Waals surface area contributed by atoms with E-state index >= 15 is 0 Å². The lowest BCUT2D eigenvalue weighted by molar-refractivity contribution is -0.116. The summed E-state index contributed by atoms with van der Waals surface area (Å²) in [6.45, 7) is 0. The summed E-state index contributed by atoms with van der Waals surface area (Å²) in [5, 5.41) is 10.5. The molecule has 7 aromatic rings. The van der Waals surface area contributed by atoms with Crippen LogP contribution < -0.4 is 20.7 Å². The Morgan fingerprint density at radius 3 is 2.09 bits per heavy atom. The first kappa shape index (κ1) is 37.6. The highest BCUT2D eigenvalue weighted by Gasteiger charge is 2.24.